The van der Waals surface area contributed by atoms with Gasteiger partial charge in [0.2, 0.25) is 5.91 Å². The first-order valence-electron chi connectivity index (χ1n) is 8.63. The molecular formula is C19H20N2O6. The Morgan fingerprint density at radius 3 is 2.59 bits per heavy atom. The maximum atomic E-state index is 12.4. The van der Waals surface area contributed by atoms with Crippen molar-refractivity contribution in [3.8, 4) is 0 Å². The predicted molar refractivity (Wildman–Crippen MR) is 93.2 cm³/mol. The Hall–Kier alpha value is -3.16. The van der Waals surface area contributed by atoms with Crippen LogP contribution < -0.4 is 5.32 Å². The first kappa shape index (κ1) is 18.6. The molecule has 1 fully saturated rings. The van der Waals surface area contributed by atoms with Crippen LogP contribution in [0.25, 0.3) is 0 Å². The third-order valence-corrected chi connectivity index (χ3v) is 4.69. The summed E-state index contributed by atoms with van der Waals surface area (Å²) in [5.74, 6) is -2.36. The summed E-state index contributed by atoms with van der Waals surface area (Å²) in [6.45, 7) is 1.33. The van der Waals surface area contributed by atoms with Gasteiger partial charge in [-0.3, -0.25) is 19.3 Å². The minimum Gasteiger partial charge on any atom is -0.477 e. The van der Waals surface area contributed by atoms with Crippen LogP contribution in [0.15, 0.2) is 41.6 Å². The molecule has 0 unspecified atom stereocenters. The van der Waals surface area contributed by atoms with Crippen LogP contribution >= 0.6 is 0 Å². The number of fused-ring (bicyclic) bond motifs is 1. The molecule has 8 heteroatoms. The first-order valence-corrected chi connectivity index (χ1v) is 8.63. The number of esters is 1. The second-order valence-corrected chi connectivity index (χ2v) is 6.53. The number of ether oxygens (including phenoxy) is 1. The lowest BCUT2D eigenvalue weighted by Gasteiger charge is -2.43. The summed E-state index contributed by atoms with van der Waals surface area (Å²) in [4.78, 5) is 48.3. The molecule has 8 nitrogen and oxygen atoms in total. The van der Waals surface area contributed by atoms with Gasteiger partial charge in [0, 0.05) is 13.3 Å². The number of carboxylic acid groups (broad SMARTS) is 1. The second-order valence-electron chi connectivity index (χ2n) is 6.53. The smallest absolute Gasteiger partial charge is 0.352 e. The van der Waals surface area contributed by atoms with Crippen molar-refractivity contribution in [3.05, 3.63) is 47.2 Å². The lowest BCUT2D eigenvalue weighted by molar-refractivity contribution is -0.152. The van der Waals surface area contributed by atoms with E-state index in [2.05, 4.69) is 5.32 Å². The van der Waals surface area contributed by atoms with Crippen LogP contribution in [-0.4, -0.2) is 52.4 Å². The van der Waals surface area contributed by atoms with Gasteiger partial charge in [0.25, 0.3) is 5.91 Å². The number of hydrogen-bond acceptors (Lipinski definition) is 5. The van der Waals surface area contributed by atoms with Crippen molar-refractivity contribution in [1.29, 1.82) is 0 Å². The minimum absolute atomic E-state index is 0.0568. The molecule has 0 spiro atoms. The topological polar surface area (TPSA) is 113 Å². The highest BCUT2D eigenvalue weighted by Crippen LogP contribution is 2.40. The zero-order chi connectivity index (χ0) is 19.6. The Kier molecular flexibility index (Phi) is 5.25. The first-order chi connectivity index (χ1) is 12.9. The SMILES string of the molecule is CC(=O)OCCC1=C(C(=O)O)N2C(=O)[C@H](NC(=O)Cc3ccccc3)[C@@H]2C1. The van der Waals surface area contributed by atoms with Gasteiger partial charge < -0.3 is 15.2 Å². The molecule has 0 aliphatic carbocycles. The van der Waals surface area contributed by atoms with Gasteiger partial charge >= 0.3 is 11.9 Å². The van der Waals surface area contributed by atoms with Gasteiger partial charge in [-0.15, -0.1) is 0 Å². The Labute approximate surface area is 155 Å². The van der Waals surface area contributed by atoms with Gasteiger partial charge in [0.15, 0.2) is 0 Å². The Balaban J connectivity index is 1.63. The number of carboxylic acids is 1. The lowest BCUT2D eigenvalue weighted by Crippen LogP contribution is -2.68. The zero-order valence-electron chi connectivity index (χ0n) is 14.8. The van der Waals surface area contributed by atoms with E-state index in [1.165, 1.54) is 11.8 Å². The van der Waals surface area contributed by atoms with E-state index in [1.54, 1.807) is 0 Å². The van der Waals surface area contributed by atoms with Crippen molar-refractivity contribution in [2.45, 2.75) is 38.3 Å². The van der Waals surface area contributed by atoms with Crippen molar-refractivity contribution < 1.29 is 29.0 Å². The molecular weight excluding hydrogens is 352 g/mol. The van der Waals surface area contributed by atoms with Crippen LogP contribution in [0.5, 0.6) is 0 Å². The summed E-state index contributed by atoms with van der Waals surface area (Å²) in [5.41, 5.74) is 1.31. The second kappa shape index (κ2) is 7.61. The summed E-state index contributed by atoms with van der Waals surface area (Å²) in [6, 6.07) is 8.01. The minimum atomic E-state index is -1.20. The molecule has 0 saturated carbocycles. The van der Waals surface area contributed by atoms with Gasteiger partial charge in [0.1, 0.15) is 11.7 Å². The number of aliphatic carboxylic acids is 1. The molecule has 2 aliphatic heterocycles. The van der Waals surface area contributed by atoms with E-state index >= 15 is 0 Å². The van der Waals surface area contributed by atoms with E-state index in [1.807, 2.05) is 30.3 Å². The molecule has 0 aromatic heterocycles. The molecule has 2 aliphatic rings. The number of carbonyl (C=O) groups excluding carboxylic acids is 3. The number of nitrogens with one attached hydrogen (secondary N) is 1. The zero-order valence-corrected chi connectivity index (χ0v) is 14.8. The Bertz CT molecular complexity index is 817. The van der Waals surface area contributed by atoms with Crippen LogP contribution in [0.4, 0.5) is 0 Å². The highest BCUT2D eigenvalue weighted by Gasteiger charge is 2.55. The third kappa shape index (κ3) is 3.84. The fraction of sp³-hybridized carbons (Fsp3) is 0.368. The normalized spacial score (nSPS) is 20.8. The largest absolute Gasteiger partial charge is 0.477 e. The third-order valence-electron chi connectivity index (χ3n) is 4.69. The fourth-order valence-corrected chi connectivity index (χ4v) is 3.51. The van der Waals surface area contributed by atoms with Crippen LogP contribution in [0.2, 0.25) is 0 Å². The number of hydrogen-bond donors (Lipinski definition) is 2. The van der Waals surface area contributed by atoms with Crippen LogP contribution in [0, 0.1) is 0 Å². The summed E-state index contributed by atoms with van der Waals surface area (Å²) >= 11 is 0. The summed E-state index contributed by atoms with van der Waals surface area (Å²) in [6.07, 6.45) is 0.729. The molecule has 1 saturated heterocycles. The standard InChI is InChI=1S/C19H20N2O6/c1-11(22)27-8-7-13-10-14-16(18(24)21(14)17(13)19(25)26)20-15(23)9-12-5-3-2-4-6-12/h2-6,14,16H,7-10H2,1H3,(H,20,23)(H,25,26)/t14-,16+/m0/s1. The van der Waals surface area contributed by atoms with Crippen LogP contribution in [-0.2, 0) is 30.3 Å². The monoisotopic (exact) mass is 372 g/mol. The van der Waals surface area contributed by atoms with E-state index in [0.29, 0.717) is 12.0 Å². The number of nitrogens with zero attached hydrogens (tertiary/aromatic N) is 1. The average Bonchev–Trinajstić information content (AvgIpc) is 2.96. The van der Waals surface area contributed by atoms with Crippen molar-refractivity contribution in [3.63, 3.8) is 0 Å². The van der Waals surface area contributed by atoms with Crippen molar-refractivity contribution in [2.24, 2.45) is 0 Å². The number of carbonyl (C=O) groups is 4. The predicted octanol–water partition coefficient (Wildman–Crippen LogP) is 0.620. The molecule has 2 N–H and O–H groups in total. The number of amides is 2. The molecule has 2 heterocycles. The summed E-state index contributed by atoms with van der Waals surface area (Å²) < 4.78 is 4.87. The molecule has 2 amide bonds. The number of benzene rings is 1. The van der Waals surface area contributed by atoms with Gasteiger partial charge in [-0.2, -0.15) is 0 Å². The van der Waals surface area contributed by atoms with Gasteiger partial charge in [-0.05, 0) is 17.6 Å². The molecule has 1 aromatic rings. The van der Waals surface area contributed by atoms with Crippen molar-refractivity contribution >= 4 is 23.8 Å². The van der Waals surface area contributed by atoms with E-state index in [4.69, 9.17) is 4.74 Å². The van der Waals surface area contributed by atoms with E-state index < -0.39 is 29.9 Å². The lowest BCUT2D eigenvalue weighted by atomic mass is 9.93. The molecule has 3 rings (SSSR count). The highest BCUT2D eigenvalue weighted by molar-refractivity contribution is 6.02. The van der Waals surface area contributed by atoms with Gasteiger partial charge in [-0.25, -0.2) is 4.79 Å². The summed E-state index contributed by atoms with van der Waals surface area (Å²) in [7, 11) is 0. The molecule has 0 radical (unpaired) electrons. The van der Waals surface area contributed by atoms with Crippen LogP contribution in [0.3, 0.4) is 0 Å². The van der Waals surface area contributed by atoms with E-state index in [0.717, 1.165) is 5.56 Å². The molecule has 2 atom stereocenters. The van der Waals surface area contributed by atoms with E-state index in [-0.39, 0.29) is 31.1 Å². The van der Waals surface area contributed by atoms with E-state index in [9.17, 15) is 24.3 Å². The molecule has 1 aromatic carbocycles. The Morgan fingerprint density at radius 1 is 1.26 bits per heavy atom. The van der Waals surface area contributed by atoms with Gasteiger partial charge in [-0.1, -0.05) is 30.3 Å². The number of β-lactam (4-membered cyclic amide) rings is 1. The fourth-order valence-electron chi connectivity index (χ4n) is 3.51. The molecule has 0 bridgehead atoms. The van der Waals surface area contributed by atoms with Gasteiger partial charge in [0.05, 0.1) is 19.1 Å². The van der Waals surface area contributed by atoms with Crippen molar-refractivity contribution in [2.75, 3.05) is 6.61 Å². The Morgan fingerprint density at radius 2 is 1.96 bits per heavy atom. The number of rotatable bonds is 7. The summed E-state index contributed by atoms with van der Waals surface area (Å²) in [5, 5.41) is 12.2. The average molecular weight is 372 g/mol. The van der Waals surface area contributed by atoms with Crippen molar-refractivity contribution in [1.82, 2.24) is 10.2 Å². The highest BCUT2D eigenvalue weighted by atomic mass is 16.5. The quantitative estimate of drug-likeness (QED) is 0.536. The maximum absolute atomic E-state index is 12.4. The maximum Gasteiger partial charge on any atom is 0.352 e. The molecule has 27 heavy (non-hydrogen) atoms. The molecule has 142 valence electrons. The van der Waals surface area contributed by atoms with Crippen LogP contribution in [0.1, 0.15) is 25.3 Å².